The molecule has 1 aliphatic heterocycles. The molecule has 1 atom stereocenters. The summed E-state index contributed by atoms with van der Waals surface area (Å²) in [6.45, 7) is 4.46. The van der Waals surface area contributed by atoms with E-state index in [9.17, 15) is 9.59 Å². The maximum absolute atomic E-state index is 13.0. The topological polar surface area (TPSA) is 40.6 Å². The van der Waals surface area contributed by atoms with Crippen LogP contribution < -0.4 is 0 Å². The Balaban J connectivity index is 1.73. The first-order valence-corrected chi connectivity index (χ1v) is 8.29. The molecule has 4 heteroatoms. The highest BCUT2D eigenvalue weighted by Gasteiger charge is 2.30. The lowest BCUT2D eigenvalue weighted by Crippen LogP contribution is -2.39. The van der Waals surface area contributed by atoms with E-state index in [4.69, 9.17) is 0 Å². The summed E-state index contributed by atoms with van der Waals surface area (Å²) in [4.78, 5) is 28.3. The van der Waals surface area contributed by atoms with Crippen molar-refractivity contribution in [2.75, 3.05) is 26.2 Å². The van der Waals surface area contributed by atoms with E-state index in [1.54, 1.807) is 6.92 Å². The van der Waals surface area contributed by atoms with Crippen LogP contribution in [-0.2, 0) is 16.0 Å². The Kier molecular flexibility index (Phi) is 4.46. The smallest absolute Gasteiger partial charge is 0.230 e. The van der Waals surface area contributed by atoms with Gasteiger partial charge in [0.1, 0.15) is 0 Å². The quantitative estimate of drug-likeness (QED) is 0.797. The van der Waals surface area contributed by atoms with Gasteiger partial charge in [0.25, 0.3) is 0 Å². The molecule has 0 spiro atoms. The number of aryl methyl sites for hydroxylation is 1. The maximum Gasteiger partial charge on any atom is 0.230 e. The number of hydrogen-bond donors (Lipinski definition) is 0. The van der Waals surface area contributed by atoms with E-state index in [2.05, 4.69) is 18.2 Å². The van der Waals surface area contributed by atoms with E-state index in [0.29, 0.717) is 13.1 Å². The molecule has 1 aromatic rings. The Morgan fingerprint density at radius 3 is 2.55 bits per heavy atom. The molecule has 118 valence electrons. The average Bonchev–Trinajstić information content (AvgIpc) is 2.80. The third-order valence-corrected chi connectivity index (χ3v) is 4.92. The lowest BCUT2D eigenvalue weighted by molar-refractivity contribution is -0.134. The Hall–Kier alpha value is -1.84. The van der Waals surface area contributed by atoms with Crippen LogP contribution in [0.25, 0.3) is 0 Å². The Morgan fingerprint density at radius 1 is 1.00 bits per heavy atom. The number of hydrogen-bond acceptors (Lipinski definition) is 2. The summed E-state index contributed by atoms with van der Waals surface area (Å²) in [6, 6.07) is 8.35. The summed E-state index contributed by atoms with van der Waals surface area (Å²) >= 11 is 0. The van der Waals surface area contributed by atoms with Crippen LogP contribution in [0.3, 0.4) is 0 Å². The van der Waals surface area contributed by atoms with Crippen molar-refractivity contribution in [2.24, 2.45) is 0 Å². The predicted octanol–water partition coefficient (Wildman–Crippen LogP) is 2.19. The zero-order valence-electron chi connectivity index (χ0n) is 13.3. The molecule has 0 radical (unpaired) electrons. The molecule has 1 aromatic carbocycles. The highest BCUT2D eigenvalue weighted by molar-refractivity contribution is 5.84. The molecule has 1 aliphatic carbocycles. The van der Waals surface area contributed by atoms with Gasteiger partial charge in [-0.3, -0.25) is 9.59 Å². The van der Waals surface area contributed by atoms with Gasteiger partial charge >= 0.3 is 0 Å². The molecule has 1 heterocycles. The van der Waals surface area contributed by atoms with Gasteiger partial charge in [0.15, 0.2) is 0 Å². The molecule has 2 aliphatic rings. The van der Waals surface area contributed by atoms with E-state index < -0.39 is 0 Å². The minimum Gasteiger partial charge on any atom is -0.341 e. The summed E-state index contributed by atoms with van der Waals surface area (Å²) < 4.78 is 0. The zero-order valence-corrected chi connectivity index (χ0v) is 13.3. The van der Waals surface area contributed by atoms with Crippen molar-refractivity contribution in [1.82, 2.24) is 9.80 Å². The van der Waals surface area contributed by atoms with E-state index in [0.717, 1.165) is 38.8 Å². The molecule has 22 heavy (non-hydrogen) atoms. The van der Waals surface area contributed by atoms with Crippen molar-refractivity contribution in [3.63, 3.8) is 0 Å². The average molecular weight is 300 g/mol. The minimum atomic E-state index is 0.00817. The maximum atomic E-state index is 13.0. The summed E-state index contributed by atoms with van der Waals surface area (Å²) in [7, 11) is 0. The fourth-order valence-corrected chi connectivity index (χ4v) is 3.68. The van der Waals surface area contributed by atoms with Crippen LogP contribution in [0.5, 0.6) is 0 Å². The van der Waals surface area contributed by atoms with Gasteiger partial charge in [0.2, 0.25) is 11.8 Å². The molecule has 4 nitrogen and oxygen atoms in total. The van der Waals surface area contributed by atoms with Crippen molar-refractivity contribution in [1.29, 1.82) is 0 Å². The normalized spacial score (nSPS) is 22.0. The van der Waals surface area contributed by atoms with Gasteiger partial charge in [-0.25, -0.2) is 0 Å². The van der Waals surface area contributed by atoms with Gasteiger partial charge in [0.05, 0.1) is 5.92 Å². The van der Waals surface area contributed by atoms with E-state index in [1.165, 1.54) is 11.1 Å². The molecule has 2 amide bonds. The molecule has 1 fully saturated rings. The third-order valence-electron chi connectivity index (χ3n) is 4.92. The first kappa shape index (κ1) is 15.1. The Morgan fingerprint density at radius 2 is 1.73 bits per heavy atom. The molecule has 1 saturated heterocycles. The summed E-state index contributed by atoms with van der Waals surface area (Å²) in [5, 5.41) is 0. The van der Waals surface area contributed by atoms with Crippen LogP contribution in [0.4, 0.5) is 0 Å². The molecule has 0 N–H and O–H groups in total. The van der Waals surface area contributed by atoms with Crippen LogP contribution in [0.1, 0.15) is 43.2 Å². The second-order valence-electron chi connectivity index (χ2n) is 6.33. The zero-order chi connectivity index (χ0) is 15.5. The van der Waals surface area contributed by atoms with E-state index >= 15 is 0 Å². The number of carbonyl (C=O) groups excluding carboxylic acids is 2. The summed E-state index contributed by atoms with van der Waals surface area (Å²) in [5.41, 5.74) is 2.54. The molecule has 1 unspecified atom stereocenters. The van der Waals surface area contributed by atoms with Gasteiger partial charge in [-0.2, -0.15) is 0 Å². The fourth-order valence-electron chi connectivity index (χ4n) is 3.68. The first-order valence-electron chi connectivity index (χ1n) is 8.29. The number of nitrogens with zero attached hydrogens (tertiary/aromatic N) is 2. The fraction of sp³-hybridized carbons (Fsp3) is 0.556. The number of amides is 2. The number of fused-ring (bicyclic) bond motifs is 1. The molecular formula is C18H24N2O2. The van der Waals surface area contributed by atoms with Crippen molar-refractivity contribution in [3.8, 4) is 0 Å². The Bertz CT molecular complexity index is 570. The molecule has 3 rings (SSSR count). The number of carbonyl (C=O) groups is 2. The molecule has 0 bridgehead atoms. The number of benzene rings is 1. The van der Waals surface area contributed by atoms with Gasteiger partial charge in [0, 0.05) is 33.1 Å². The van der Waals surface area contributed by atoms with Crippen molar-refractivity contribution in [2.45, 2.75) is 38.5 Å². The van der Waals surface area contributed by atoms with Gasteiger partial charge in [-0.05, 0) is 36.8 Å². The molecule has 0 saturated carbocycles. The summed E-state index contributed by atoms with van der Waals surface area (Å²) in [6.07, 6.45) is 3.99. The van der Waals surface area contributed by atoms with Crippen molar-refractivity contribution < 1.29 is 9.59 Å². The van der Waals surface area contributed by atoms with Gasteiger partial charge in [-0.15, -0.1) is 0 Å². The largest absolute Gasteiger partial charge is 0.341 e. The van der Waals surface area contributed by atoms with Crippen LogP contribution in [0.15, 0.2) is 24.3 Å². The first-order chi connectivity index (χ1) is 10.7. The standard InChI is InChI=1S/C18H24N2O2/c1-14(21)19-10-5-11-20(13-12-19)18(22)17-9-4-7-15-6-2-3-8-16(15)17/h2-3,6,8,17H,4-5,7,9-13H2,1H3. The number of rotatable bonds is 1. The highest BCUT2D eigenvalue weighted by Crippen LogP contribution is 2.33. The monoisotopic (exact) mass is 300 g/mol. The van der Waals surface area contributed by atoms with Crippen molar-refractivity contribution in [3.05, 3.63) is 35.4 Å². The van der Waals surface area contributed by atoms with Crippen LogP contribution in [0.2, 0.25) is 0 Å². The van der Waals surface area contributed by atoms with Crippen LogP contribution >= 0.6 is 0 Å². The van der Waals surface area contributed by atoms with Gasteiger partial charge in [-0.1, -0.05) is 24.3 Å². The lowest BCUT2D eigenvalue weighted by atomic mass is 9.82. The highest BCUT2D eigenvalue weighted by atomic mass is 16.2. The van der Waals surface area contributed by atoms with Crippen LogP contribution in [-0.4, -0.2) is 47.8 Å². The molecule has 0 aromatic heterocycles. The SMILES string of the molecule is CC(=O)N1CCCN(C(=O)C2CCCc3ccccc32)CC1. The molecular weight excluding hydrogens is 276 g/mol. The van der Waals surface area contributed by atoms with Crippen molar-refractivity contribution >= 4 is 11.8 Å². The van der Waals surface area contributed by atoms with Gasteiger partial charge < -0.3 is 9.80 Å². The van der Waals surface area contributed by atoms with E-state index in [-0.39, 0.29) is 17.7 Å². The second-order valence-corrected chi connectivity index (χ2v) is 6.33. The minimum absolute atomic E-state index is 0.00817. The third kappa shape index (κ3) is 3.01. The predicted molar refractivity (Wildman–Crippen MR) is 85.6 cm³/mol. The Labute approximate surface area is 132 Å². The van der Waals surface area contributed by atoms with E-state index in [1.807, 2.05) is 15.9 Å². The van der Waals surface area contributed by atoms with Crippen LogP contribution in [0, 0.1) is 0 Å². The summed E-state index contributed by atoms with van der Waals surface area (Å²) in [5.74, 6) is 0.365. The lowest BCUT2D eigenvalue weighted by Gasteiger charge is -2.30. The second kappa shape index (κ2) is 6.51.